The van der Waals surface area contributed by atoms with Crippen LogP contribution in [0.5, 0.6) is 0 Å². The van der Waals surface area contributed by atoms with Crippen LogP contribution >= 0.6 is 0 Å². The lowest BCUT2D eigenvalue weighted by atomic mass is 10.1. The van der Waals surface area contributed by atoms with Crippen LogP contribution < -0.4 is 5.32 Å². The molecule has 1 fully saturated rings. The first-order chi connectivity index (χ1) is 9.16. The first-order valence-electron chi connectivity index (χ1n) is 6.46. The van der Waals surface area contributed by atoms with Gasteiger partial charge in [0, 0.05) is 37.0 Å². The molecule has 0 bridgehead atoms. The van der Waals surface area contributed by atoms with Crippen LogP contribution in [-0.4, -0.2) is 36.5 Å². The van der Waals surface area contributed by atoms with Crippen LogP contribution in [-0.2, 0) is 16.1 Å². The van der Waals surface area contributed by atoms with E-state index in [2.05, 4.69) is 5.32 Å². The Kier molecular flexibility index (Phi) is 2.98. The Hall–Kier alpha value is -1.88. The van der Waals surface area contributed by atoms with E-state index < -0.39 is 0 Å². The van der Waals surface area contributed by atoms with E-state index in [9.17, 15) is 9.59 Å². The van der Waals surface area contributed by atoms with E-state index in [4.69, 9.17) is 4.74 Å². The summed E-state index contributed by atoms with van der Waals surface area (Å²) >= 11 is 0. The summed E-state index contributed by atoms with van der Waals surface area (Å²) in [5.74, 6) is -0.115. The molecule has 19 heavy (non-hydrogen) atoms. The van der Waals surface area contributed by atoms with E-state index in [0.717, 1.165) is 24.1 Å². The van der Waals surface area contributed by atoms with Crippen molar-refractivity contribution in [2.24, 2.45) is 0 Å². The van der Waals surface area contributed by atoms with Gasteiger partial charge in [0.1, 0.15) is 6.10 Å². The molecule has 2 aliphatic heterocycles. The van der Waals surface area contributed by atoms with Gasteiger partial charge >= 0.3 is 0 Å². The summed E-state index contributed by atoms with van der Waals surface area (Å²) in [5.41, 5.74) is 2.28. The first kappa shape index (κ1) is 12.2. The van der Waals surface area contributed by atoms with Crippen LogP contribution in [0.3, 0.4) is 0 Å². The van der Waals surface area contributed by atoms with Crippen LogP contribution in [0, 0.1) is 0 Å². The molecule has 1 aromatic carbocycles. The summed E-state index contributed by atoms with van der Waals surface area (Å²) in [6.45, 7) is 1.18. The zero-order valence-corrected chi connectivity index (χ0v) is 10.8. The molecule has 1 atom stereocenters. The number of benzene rings is 1. The van der Waals surface area contributed by atoms with Crippen LogP contribution in [0.25, 0.3) is 0 Å². The number of rotatable bonds is 2. The maximum Gasteiger partial charge on any atom is 0.254 e. The Balaban J connectivity index is 1.83. The van der Waals surface area contributed by atoms with Crippen molar-refractivity contribution in [2.75, 3.05) is 19.0 Å². The van der Waals surface area contributed by atoms with Crippen molar-refractivity contribution in [3.05, 3.63) is 29.3 Å². The molecule has 5 nitrogen and oxygen atoms in total. The molecule has 2 heterocycles. The van der Waals surface area contributed by atoms with Gasteiger partial charge < -0.3 is 15.0 Å². The Morgan fingerprint density at radius 1 is 1.47 bits per heavy atom. The Bertz CT molecular complexity index is 535. The molecule has 0 aromatic heterocycles. The average molecular weight is 260 g/mol. The zero-order valence-electron chi connectivity index (χ0n) is 10.8. The molecule has 1 aromatic rings. The van der Waals surface area contributed by atoms with Gasteiger partial charge in [0.2, 0.25) is 0 Å². The largest absolute Gasteiger partial charge is 0.368 e. The van der Waals surface area contributed by atoms with Gasteiger partial charge in [0.15, 0.2) is 0 Å². The lowest BCUT2D eigenvalue weighted by molar-refractivity contribution is -0.124. The van der Waals surface area contributed by atoms with Crippen LogP contribution in [0.4, 0.5) is 5.69 Å². The molecule has 1 unspecified atom stereocenters. The minimum atomic E-state index is -0.356. The SMILES string of the molecule is CN1Cc2c(NC(=O)C3CCCO3)cccc2C1=O. The molecule has 0 radical (unpaired) electrons. The summed E-state index contributed by atoms with van der Waals surface area (Å²) in [6, 6.07) is 5.42. The third kappa shape index (κ3) is 2.10. The number of anilines is 1. The summed E-state index contributed by atoms with van der Waals surface area (Å²) in [5, 5.41) is 2.88. The van der Waals surface area contributed by atoms with Crippen molar-refractivity contribution in [2.45, 2.75) is 25.5 Å². The number of hydrogen-bond donors (Lipinski definition) is 1. The number of carbonyl (C=O) groups is 2. The van der Waals surface area contributed by atoms with Gasteiger partial charge in [-0.15, -0.1) is 0 Å². The predicted octanol–water partition coefficient (Wildman–Crippen LogP) is 1.39. The van der Waals surface area contributed by atoms with Crippen LogP contribution in [0.1, 0.15) is 28.8 Å². The molecule has 0 aliphatic carbocycles. The van der Waals surface area contributed by atoms with Gasteiger partial charge in [-0.2, -0.15) is 0 Å². The number of fused-ring (bicyclic) bond motifs is 1. The highest BCUT2D eigenvalue weighted by Gasteiger charge is 2.29. The molecule has 2 amide bonds. The number of hydrogen-bond acceptors (Lipinski definition) is 3. The quantitative estimate of drug-likeness (QED) is 0.874. The van der Waals surface area contributed by atoms with Gasteiger partial charge in [0.25, 0.3) is 11.8 Å². The number of nitrogens with one attached hydrogen (secondary N) is 1. The molecular weight excluding hydrogens is 244 g/mol. The summed E-state index contributed by atoms with van der Waals surface area (Å²) in [4.78, 5) is 25.6. The van der Waals surface area contributed by atoms with E-state index in [0.29, 0.717) is 18.7 Å². The minimum absolute atomic E-state index is 0.00298. The normalized spacial score (nSPS) is 21.6. The molecule has 0 saturated carbocycles. The fourth-order valence-corrected chi connectivity index (χ4v) is 2.59. The third-order valence-electron chi connectivity index (χ3n) is 3.63. The maximum absolute atomic E-state index is 12.0. The summed E-state index contributed by atoms with van der Waals surface area (Å²) < 4.78 is 5.36. The number of carbonyl (C=O) groups excluding carboxylic acids is 2. The first-order valence-corrected chi connectivity index (χ1v) is 6.46. The van der Waals surface area contributed by atoms with Crippen molar-refractivity contribution < 1.29 is 14.3 Å². The lowest BCUT2D eigenvalue weighted by Crippen LogP contribution is -2.27. The Morgan fingerprint density at radius 2 is 2.32 bits per heavy atom. The van der Waals surface area contributed by atoms with Crippen LogP contribution in [0.2, 0.25) is 0 Å². The standard InChI is InChI=1S/C14H16N2O3/c1-16-8-10-9(14(16)18)4-2-5-11(10)15-13(17)12-6-3-7-19-12/h2,4-5,12H,3,6-8H2,1H3,(H,15,17). The second kappa shape index (κ2) is 4.66. The molecule has 0 spiro atoms. The van der Waals surface area contributed by atoms with Crippen molar-refractivity contribution in [3.8, 4) is 0 Å². The summed E-state index contributed by atoms with van der Waals surface area (Å²) in [6.07, 6.45) is 1.33. The van der Waals surface area contributed by atoms with Crippen LogP contribution in [0.15, 0.2) is 18.2 Å². The van der Waals surface area contributed by atoms with E-state index in [1.165, 1.54) is 0 Å². The van der Waals surface area contributed by atoms with Crippen molar-refractivity contribution in [1.82, 2.24) is 4.90 Å². The highest BCUT2D eigenvalue weighted by atomic mass is 16.5. The fourth-order valence-electron chi connectivity index (χ4n) is 2.59. The van der Waals surface area contributed by atoms with Gasteiger partial charge in [-0.25, -0.2) is 0 Å². The molecular formula is C14H16N2O3. The van der Waals surface area contributed by atoms with E-state index >= 15 is 0 Å². The highest BCUT2D eigenvalue weighted by molar-refractivity contribution is 6.02. The van der Waals surface area contributed by atoms with E-state index in [-0.39, 0.29) is 17.9 Å². The second-order valence-electron chi connectivity index (χ2n) is 4.98. The van der Waals surface area contributed by atoms with Crippen molar-refractivity contribution >= 4 is 17.5 Å². The van der Waals surface area contributed by atoms with E-state index in [1.54, 1.807) is 24.1 Å². The second-order valence-corrected chi connectivity index (χ2v) is 4.98. The average Bonchev–Trinajstić information content (AvgIpc) is 3.01. The summed E-state index contributed by atoms with van der Waals surface area (Å²) in [7, 11) is 1.76. The minimum Gasteiger partial charge on any atom is -0.368 e. The van der Waals surface area contributed by atoms with Gasteiger partial charge in [0.05, 0.1) is 0 Å². The molecule has 5 heteroatoms. The monoisotopic (exact) mass is 260 g/mol. The number of amides is 2. The maximum atomic E-state index is 12.0. The molecule has 1 saturated heterocycles. The lowest BCUT2D eigenvalue weighted by Gasteiger charge is -2.13. The zero-order chi connectivity index (χ0) is 13.4. The fraction of sp³-hybridized carbons (Fsp3) is 0.429. The van der Waals surface area contributed by atoms with Crippen molar-refractivity contribution in [1.29, 1.82) is 0 Å². The Labute approximate surface area is 111 Å². The highest BCUT2D eigenvalue weighted by Crippen LogP contribution is 2.28. The molecule has 2 aliphatic rings. The predicted molar refractivity (Wildman–Crippen MR) is 69.8 cm³/mol. The number of ether oxygens (including phenoxy) is 1. The molecule has 100 valence electrons. The molecule has 1 N–H and O–H groups in total. The van der Waals surface area contributed by atoms with Crippen molar-refractivity contribution in [3.63, 3.8) is 0 Å². The third-order valence-corrected chi connectivity index (χ3v) is 3.63. The van der Waals surface area contributed by atoms with E-state index in [1.807, 2.05) is 6.07 Å². The topological polar surface area (TPSA) is 58.6 Å². The van der Waals surface area contributed by atoms with Gasteiger partial charge in [-0.05, 0) is 25.0 Å². The van der Waals surface area contributed by atoms with Gasteiger partial charge in [-0.3, -0.25) is 9.59 Å². The number of nitrogens with zero attached hydrogens (tertiary/aromatic N) is 1. The molecule has 3 rings (SSSR count). The smallest absolute Gasteiger partial charge is 0.254 e. The van der Waals surface area contributed by atoms with Gasteiger partial charge in [-0.1, -0.05) is 6.07 Å². The Morgan fingerprint density at radius 3 is 3.05 bits per heavy atom.